The fourth-order valence-electron chi connectivity index (χ4n) is 2.31. The zero-order valence-electron chi connectivity index (χ0n) is 11.9. The minimum absolute atomic E-state index is 0. The van der Waals surface area contributed by atoms with Crippen LogP contribution in [0.4, 0.5) is 0 Å². The van der Waals surface area contributed by atoms with Crippen LogP contribution in [0.15, 0.2) is 91.0 Å². The van der Waals surface area contributed by atoms with E-state index in [4.69, 9.17) is 4.65 Å². The summed E-state index contributed by atoms with van der Waals surface area (Å²) in [6.07, 6.45) is 0. The van der Waals surface area contributed by atoms with E-state index in [1.807, 2.05) is 0 Å². The van der Waals surface area contributed by atoms with Crippen molar-refractivity contribution in [2.75, 3.05) is 0 Å². The van der Waals surface area contributed by atoms with Crippen LogP contribution in [0.2, 0.25) is 0 Å². The van der Waals surface area contributed by atoms with Crippen LogP contribution < -0.4 is 15.9 Å². The first-order valence-electron chi connectivity index (χ1n) is 6.69. The summed E-state index contributed by atoms with van der Waals surface area (Å²) >= 11 is 0. The van der Waals surface area contributed by atoms with Crippen molar-refractivity contribution in [2.45, 2.75) is 0 Å². The third-order valence-corrected chi connectivity index (χ3v) is 5.92. The Morgan fingerprint density at radius 3 is 0.955 bits per heavy atom. The molecule has 0 saturated carbocycles. The van der Waals surface area contributed by atoms with Gasteiger partial charge in [-0.1, -0.05) is 54.6 Å². The third-order valence-electron chi connectivity index (χ3n) is 3.19. The Balaban J connectivity index is 0.000000775. The molecule has 0 bridgehead atoms. The molecule has 0 spiro atoms. The standard InChI is InChI=1S/C18H15P.CO.Ru/c1-4-10-16(11-5-1)19(17-12-6-2-7-13-17)18-14-8-3-9-15-18;1-2;/h1-15H;;/p+1. The molecule has 22 heavy (non-hydrogen) atoms. The molecule has 3 aromatic rings. The molecule has 0 aromatic heterocycles. The van der Waals surface area contributed by atoms with Crippen LogP contribution in [0, 0.1) is 6.65 Å². The molecule has 0 aliphatic heterocycles. The van der Waals surface area contributed by atoms with Gasteiger partial charge < -0.3 is 0 Å². The second-order valence-electron chi connectivity index (χ2n) is 4.47. The Kier molecular flexibility index (Phi) is 8.60. The van der Waals surface area contributed by atoms with Crippen LogP contribution >= 0.6 is 7.92 Å². The van der Waals surface area contributed by atoms with E-state index in [0.29, 0.717) is 0 Å². The van der Waals surface area contributed by atoms with Crippen LogP contribution in [0.25, 0.3) is 0 Å². The molecular weight excluding hydrogens is 376 g/mol. The van der Waals surface area contributed by atoms with E-state index in [-0.39, 0.29) is 19.5 Å². The molecule has 3 rings (SSSR count). The largest absolute Gasteiger partial charge is 0.102 e. The summed E-state index contributed by atoms with van der Waals surface area (Å²) in [6.45, 7) is 4.50. The number of rotatable bonds is 3. The van der Waals surface area contributed by atoms with Gasteiger partial charge in [-0.05, 0) is 36.4 Å². The number of benzene rings is 3. The van der Waals surface area contributed by atoms with Gasteiger partial charge in [-0.15, -0.1) is 0 Å². The average molecular weight is 392 g/mol. The van der Waals surface area contributed by atoms with Crippen LogP contribution in [0.5, 0.6) is 0 Å². The topological polar surface area (TPSA) is 19.9 Å². The molecule has 3 heteroatoms. The van der Waals surface area contributed by atoms with E-state index in [2.05, 4.69) is 97.6 Å². The second-order valence-corrected chi connectivity index (χ2v) is 6.96. The number of hydrogen-bond donors (Lipinski definition) is 0. The molecule has 0 saturated heterocycles. The van der Waals surface area contributed by atoms with E-state index >= 15 is 0 Å². The first-order valence-corrected chi connectivity index (χ1v) is 8.19. The fraction of sp³-hybridized carbons (Fsp3) is 0. The van der Waals surface area contributed by atoms with Gasteiger partial charge in [-0.25, -0.2) is 0 Å². The van der Waals surface area contributed by atoms with Crippen LogP contribution in [-0.4, -0.2) is 0 Å². The van der Waals surface area contributed by atoms with E-state index < -0.39 is 7.92 Å². The van der Waals surface area contributed by atoms with Gasteiger partial charge in [-0.2, -0.15) is 0 Å². The molecule has 0 unspecified atom stereocenters. The van der Waals surface area contributed by atoms with Crippen molar-refractivity contribution in [3.05, 3.63) is 97.6 Å². The summed E-state index contributed by atoms with van der Waals surface area (Å²) in [6, 6.07) is 32.5. The van der Waals surface area contributed by atoms with Crippen molar-refractivity contribution in [1.29, 1.82) is 0 Å². The Hall–Kier alpha value is -1.55. The summed E-state index contributed by atoms with van der Waals surface area (Å²) in [5, 5.41) is 4.31. The van der Waals surface area contributed by atoms with Crippen LogP contribution in [-0.2, 0) is 24.1 Å². The molecule has 0 amide bonds. The SMILES string of the molecule is [C-]#[O+].[Ru].c1ccc([PH+](c2ccccc2)c2ccccc2)cc1. The Labute approximate surface area is 145 Å². The molecule has 110 valence electrons. The van der Waals surface area contributed by atoms with Crippen molar-refractivity contribution in [3.8, 4) is 0 Å². The van der Waals surface area contributed by atoms with Gasteiger partial charge in [0.25, 0.3) is 0 Å². The van der Waals surface area contributed by atoms with Gasteiger partial charge in [0, 0.05) is 19.5 Å². The molecule has 0 aliphatic carbocycles. The second kappa shape index (κ2) is 10.2. The van der Waals surface area contributed by atoms with Gasteiger partial charge in [0.2, 0.25) is 0 Å². The molecule has 0 aliphatic rings. The van der Waals surface area contributed by atoms with Gasteiger partial charge in [0.1, 0.15) is 15.9 Å². The predicted octanol–water partition coefficient (Wildman–Crippen LogP) is 3.14. The summed E-state index contributed by atoms with van der Waals surface area (Å²) in [5.41, 5.74) is 0. The van der Waals surface area contributed by atoms with Crippen molar-refractivity contribution in [2.24, 2.45) is 0 Å². The summed E-state index contributed by atoms with van der Waals surface area (Å²) in [7, 11) is -0.877. The van der Waals surface area contributed by atoms with Crippen molar-refractivity contribution in [3.63, 3.8) is 0 Å². The maximum Gasteiger partial charge on any atom is 0.102 e. The molecule has 0 N–H and O–H groups in total. The van der Waals surface area contributed by atoms with Gasteiger partial charge >= 0.3 is 11.3 Å². The maximum absolute atomic E-state index is 7.50. The minimum atomic E-state index is -0.877. The molecule has 0 radical (unpaired) electrons. The Morgan fingerprint density at radius 1 is 0.500 bits per heavy atom. The zero-order valence-corrected chi connectivity index (χ0v) is 14.7. The van der Waals surface area contributed by atoms with Gasteiger partial charge in [0.15, 0.2) is 0 Å². The van der Waals surface area contributed by atoms with E-state index in [0.717, 1.165) is 0 Å². The molecule has 3 aromatic carbocycles. The quantitative estimate of drug-likeness (QED) is 0.283. The number of hydrogen-bond acceptors (Lipinski definition) is 0. The first-order chi connectivity index (χ1) is 10.4. The average Bonchev–Trinajstić information content (AvgIpc) is 2.60. The third kappa shape index (κ3) is 4.74. The Bertz CT molecular complexity index is 575. The van der Waals surface area contributed by atoms with E-state index in [1.54, 1.807) is 0 Å². The Morgan fingerprint density at radius 2 is 0.727 bits per heavy atom. The van der Waals surface area contributed by atoms with Crippen LogP contribution in [0.1, 0.15) is 0 Å². The zero-order chi connectivity index (χ0) is 14.9. The van der Waals surface area contributed by atoms with E-state index in [1.165, 1.54) is 15.9 Å². The molecule has 0 fully saturated rings. The monoisotopic (exact) mass is 393 g/mol. The van der Waals surface area contributed by atoms with Crippen molar-refractivity contribution < 1.29 is 24.1 Å². The molecule has 1 nitrogen and oxygen atoms in total. The molecular formula is C19H16OPRu+. The summed E-state index contributed by atoms with van der Waals surface area (Å²) in [4.78, 5) is 0. The minimum Gasteiger partial charge on any atom is -0.0620 e. The van der Waals surface area contributed by atoms with Gasteiger partial charge in [0.05, 0.1) is 7.92 Å². The normalized spacial score (nSPS) is 9.23. The molecule has 0 atom stereocenters. The summed E-state index contributed by atoms with van der Waals surface area (Å²) < 4.78 is 7.50. The predicted molar refractivity (Wildman–Crippen MR) is 90.5 cm³/mol. The summed E-state index contributed by atoms with van der Waals surface area (Å²) in [5.74, 6) is 0. The smallest absolute Gasteiger partial charge is 0.0620 e. The van der Waals surface area contributed by atoms with Crippen molar-refractivity contribution in [1.82, 2.24) is 0 Å². The van der Waals surface area contributed by atoms with Crippen molar-refractivity contribution >= 4 is 23.8 Å². The first kappa shape index (κ1) is 18.5. The van der Waals surface area contributed by atoms with Gasteiger partial charge in [-0.3, -0.25) is 0 Å². The van der Waals surface area contributed by atoms with E-state index in [9.17, 15) is 0 Å². The maximum atomic E-state index is 7.50. The molecule has 0 heterocycles. The fourth-order valence-corrected chi connectivity index (χ4v) is 4.89. The van der Waals surface area contributed by atoms with Crippen LogP contribution in [0.3, 0.4) is 0 Å².